The Bertz CT molecular complexity index is 5300. The summed E-state index contributed by atoms with van der Waals surface area (Å²) in [5.41, 5.74) is -17.4. The molecule has 47 nitrogen and oxygen atoms in total. The number of methoxy groups -OCH3 is 3. The van der Waals surface area contributed by atoms with Crippen LogP contribution in [0.2, 0.25) is 0 Å². The number of fused-ring (bicyclic) bond motifs is 1. The number of ether oxygens (including phenoxy) is 10. The molecule has 0 aromatic carbocycles. The second-order valence-corrected chi connectivity index (χ2v) is 24.3. The molecule has 6 aliphatic heterocycles. The summed E-state index contributed by atoms with van der Waals surface area (Å²) in [6.45, 7) is -0.772. The van der Waals surface area contributed by atoms with E-state index in [1.165, 1.54) is 27.5 Å². The van der Waals surface area contributed by atoms with E-state index in [1.807, 2.05) is 26.0 Å². The number of nitrogens with zero attached hydrogens (tertiary/aromatic N) is 14. The third-order valence-electron chi connectivity index (χ3n) is 16.8. The summed E-state index contributed by atoms with van der Waals surface area (Å²) in [5.74, 6) is 0. The molecule has 13 rings (SSSR count). The summed E-state index contributed by atoms with van der Waals surface area (Å²) >= 11 is 10.0. The first-order chi connectivity index (χ1) is 53.8. The molecule has 0 spiro atoms. The van der Waals surface area contributed by atoms with Crippen LogP contribution in [0.5, 0.6) is 0 Å². The first kappa shape index (κ1) is 85.9. The lowest BCUT2D eigenvalue weighted by atomic mass is 10.0. The molecule has 18 atom stereocenters. The Kier molecular flexibility index (Phi) is 29.0. The minimum atomic E-state index is -2.20. The van der Waals surface area contributed by atoms with Gasteiger partial charge in [0.1, 0.15) is 97.9 Å². The molecule has 0 unspecified atom stereocenters. The third kappa shape index (κ3) is 17.9. The summed E-state index contributed by atoms with van der Waals surface area (Å²) in [7, 11) is 3.29. The van der Waals surface area contributed by atoms with Crippen LogP contribution in [0.15, 0.2) is 147 Å². The van der Waals surface area contributed by atoms with E-state index in [2.05, 4.69) is 15.0 Å². The monoisotopic (exact) mass is 1610 g/mol. The Hall–Kier alpha value is -11.7. The maximum atomic E-state index is 12.0. The smallest absolute Gasteiger partial charge is 0.353 e. The summed E-state index contributed by atoms with van der Waals surface area (Å²) in [6, 6.07) is 13.9. The lowest BCUT2D eigenvalue weighted by Gasteiger charge is -2.26. The normalized spacial score (nSPS) is 29.5. The largest absolute Gasteiger partial charge is 0.446 e. The highest BCUT2D eigenvalue weighted by Gasteiger charge is 2.65. The highest BCUT2D eigenvalue weighted by atomic mass is 32.1. The molecule has 0 bridgehead atoms. The van der Waals surface area contributed by atoms with Gasteiger partial charge in [-0.05, 0) is 12.2 Å². The highest BCUT2D eigenvalue weighted by Crippen LogP contribution is 2.42. The van der Waals surface area contributed by atoms with Crippen molar-refractivity contribution in [3.05, 3.63) is 203 Å². The van der Waals surface area contributed by atoms with Crippen LogP contribution in [0.3, 0.4) is 0 Å². The number of rotatable bonds is 13. The van der Waals surface area contributed by atoms with Crippen molar-refractivity contribution in [2.75, 3.05) is 61.5 Å². The van der Waals surface area contributed by atoms with Gasteiger partial charge in [0.2, 0.25) is 6.10 Å². The number of hydrogen-bond donors (Lipinski definition) is 13. The van der Waals surface area contributed by atoms with Crippen LogP contribution in [0.25, 0.3) is 0 Å². The quantitative estimate of drug-likeness (QED) is 0.0477. The topological polar surface area (TPSA) is 683 Å². The Morgan fingerprint density at radius 2 is 0.839 bits per heavy atom. The van der Waals surface area contributed by atoms with Gasteiger partial charge in [-0.15, -0.1) is 0 Å². The first-order valence-electron chi connectivity index (χ1n) is 32.6. The number of halogens is 1. The van der Waals surface area contributed by atoms with Gasteiger partial charge in [-0.2, -0.15) is 26.3 Å². The first-order valence-corrected chi connectivity index (χ1v) is 32.7. The lowest BCUT2D eigenvalue weighted by molar-refractivity contribution is -0.116. The number of hydrogen-bond acceptors (Lipinski definition) is 37. The van der Waals surface area contributed by atoms with Gasteiger partial charge in [-0.25, -0.2) is 33.9 Å². The number of aromatic nitrogens is 14. The molecular formula is C62H68FN19O28S2. The number of imidazole rings is 2. The number of alkyl halides is 1. The fraction of sp³-hybridized carbons (Fsp3) is 0.468. The molecule has 112 heavy (non-hydrogen) atoms. The van der Waals surface area contributed by atoms with Crippen LogP contribution >= 0.6 is 24.4 Å². The van der Waals surface area contributed by atoms with E-state index in [1.54, 1.807) is 70.9 Å². The Balaban J connectivity index is 0.000000188. The highest BCUT2D eigenvalue weighted by molar-refractivity contribution is 7.80. The number of thiocarbonyl (C=S) groups is 2. The van der Waals surface area contributed by atoms with Crippen molar-refractivity contribution in [3.63, 3.8) is 0 Å². The van der Waals surface area contributed by atoms with Crippen LogP contribution in [0.1, 0.15) is 14.2 Å². The molecular weight excluding hydrogens is 1540 g/mol. The van der Waals surface area contributed by atoms with Crippen LogP contribution < -0.4 is 56.2 Å². The molecule has 6 fully saturated rings. The van der Waals surface area contributed by atoms with E-state index in [0.29, 0.717) is 9.68 Å². The number of H-pyrrole nitrogens is 5. The molecule has 13 heterocycles. The Morgan fingerprint density at radius 3 is 1.16 bits per heavy atom. The van der Waals surface area contributed by atoms with Crippen LogP contribution in [-0.2, 0) is 76.0 Å². The van der Waals surface area contributed by atoms with Crippen LogP contribution in [-0.4, -0.2) is 259 Å². The maximum Gasteiger partial charge on any atom is 0.353 e. The molecule has 0 saturated carbocycles. The average Bonchev–Trinajstić information content (AvgIpc) is 1.55. The van der Waals surface area contributed by atoms with E-state index < -0.39 is 178 Å². The standard InChI is InChI=1S/C12H11N3O6S.C11H13N3O6.C11H13N3O5.C10H11N3O6.C10H11N3O5.C7H6N4S.CH3F/c1-18-4-6-8-9(20-11(22)19-8)12(5-13,21-6)15-3-2-7(16)14-10(15)17;1-19-4-6-8(16)9(17)11(5-12,20-6)14-3-2-7(15)13-10(14)18;1-18-5-7-4-8(15)11(6-12,19-7)14-3-2-9(16)13-10(14)17;11-4-10(8(17)7(16)5(3-14)19-10)13-2-1-6(15)12-9(13)18;11-5-10(7(15)3-6(4-14)18-10)13-2-1-8(16)12-9(13)17;12-7(10-3-1-8-5-10)11-4-2-9-6-11;1-2/h2-3,6,8-9H,4H2,1H3,(H,14,16,17);2-3,6,8-9,16-17H,4H2,1H3,(H,13,15,18);2-3,7-8,15H,4-5H2,1H3,(H,13,16,17);1-2,5,7-8,14,16-17H,3H2,(H,12,15,18);1-2,6-7,14-15H,3-4H2,(H,12,16,17);1-6H;1H3/t6-,8-,9-,12-;6-,8-,9-,11-;7-,8+,11+;5-,7-,8-,10-;6-,7+,10+;;/m11010../s1/i;;;;;;1D. The SMILES string of the molecule is COC[C@@H]1C[C@@H](O)[C@](C#N)(n2ccc(=O)[nH]c2=O)O1.COC[C@H]1O[C@@](C#N)(n2ccc(=O)[nH]c2=O)[C@@H]2OC(=S)O[C@@H]21.COC[C@H]1O[C@@](C#N)(n2ccc(=O)[nH]c2=O)[C@H](O)[C@@H]1O.N#C[C@@]1(n2ccc(=O)[nH]c2=O)O[C@H](CO)C[C@H]1O.N#C[C@@]1(n2ccc(=O)[nH]c2=O)O[C@H](CO)[C@@H](O)[C@H]1O.S=C(n1ccnc1)n1ccnc1.[2H]CF. The number of nitriles is 5. The number of aliphatic hydroxyl groups excluding tert-OH is 8. The summed E-state index contributed by atoms with van der Waals surface area (Å²) in [4.78, 5) is 132. The molecule has 6 saturated heterocycles. The van der Waals surface area contributed by atoms with Crippen molar-refractivity contribution in [3.8, 4) is 30.3 Å². The molecule has 0 radical (unpaired) electrons. The van der Waals surface area contributed by atoms with Crippen molar-refractivity contribution in [1.29, 1.82) is 26.3 Å². The van der Waals surface area contributed by atoms with E-state index in [0.717, 1.165) is 73.4 Å². The fourth-order valence-corrected chi connectivity index (χ4v) is 12.1. The molecule has 7 aromatic heterocycles. The van der Waals surface area contributed by atoms with Crippen molar-refractivity contribution >= 4 is 34.8 Å². The summed E-state index contributed by atoms with van der Waals surface area (Å²) in [5, 5.41) is 124. The maximum absolute atomic E-state index is 12.0. The van der Waals surface area contributed by atoms with Gasteiger partial charge in [0.15, 0.2) is 11.2 Å². The van der Waals surface area contributed by atoms with Gasteiger partial charge < -0.3 is 88.2 Å². The van der Waals surface area contributed by atoms with E-state index in [4.69, 9.17) is 83.4 Å². The van der Waals surface area contributed by atoms with Crippen molar-refractivity contribution in [1.82, 2.24) is 66.9 Å². The summed E-state index contributed by atoms with van der Waals surface area (Å²) in [6.07, 6.45) is 1.25. The second kappa shape index (κ2) is 37.8. The van der Waals surface area contributed by atoms with Gasteiger partial charge >= 0.3 is 33.7 Å². The molecule has 6 aliphatic rings. The van der Waals surface area contributed by atoms with E-state index in [-0.39, 0.29) is 44.5 Å². The summed E-state index contributed by atoms with van der Waals surface area (Å²) < 4.78 is 75.4. The molecule has 0 amide bonds. The van der Waals surface area contributed by atoms with Crippen molar-refractivity contribution < 1.29 is 94.0 Å². The second-order valence-electron chi connectivity index (χ2n) is 23.6. The van der Waals surface area contributed by atoms with E-state index >= 15 is 0 Å². The molecule has 0 aliphatic carbocycles. The number of nitrogens with one attached hydrogen (secondary N) is 5. The number of aliphatic hydroxyl groups is 8. The molecule has 598 valence electrons. The number of aromatic amines is 5. The molecule has 7 aromatic rings. The molecule has 50 heteroatoms. The third-order valence-corrected chi connectivity index (χ3v) is 17.5. The zero-order valence-corrected chi connectivity index (χ0v) is 59.7. The van der Waals surface area contributed by atoms with E-state index in [9.17, 15) is 109 Å². The van der Waals surface area contributed by atoms with Crippen molar-refractivity contribution in [2.45, 2.75) is 121 Å². The average molecular weight is 1610 g/mol. The van der Waals surface area contributed by atoms with Gasteiger partial charge in [-0.3, -0.25) is 85.3 Å². The van der Waals surface area contributed by atoms with Gasteiger partial charge in [-0.1, -0.05) is 0 Å². The van der Waals surface area contributed by atoms with Crippen molar-refractivity contribution in [2.24, 2.45) is 0 Å². The van der Waals surface area contributed by atoms with Crippen LogP contribution in [0.4, 0.5) is 4.39 Å². The lowest BCUT2D eigenvalue weighted by Crippen LogP contribution is -2.50. The Morgan fingerprint density at radius 1 is 0.509 bits per heavy atom. The van der Waals surface area contributed by atoms with Gasteiger partial charge in [0.25, 0.3) is 56.4 Å². The zero-order valence-electron chi connectivity index (χ0n) is 59.1. The predicted octanol–water partition coefficient (Wildman–Crippen LogP) is -9.16. The predicted molar refractivity (Wildman–Crippen MR) is 371 cm³/mol. The minimum absolute atomic E-state index is 0.0234. The molecule has 13 N–H and O–H groups in total. The minimum Gasteiger partial charge on any atom is -0.446 e. The van der Waals surface area contributed by atoms with Gasteiger partial charge in [0, 0.05) is 132 Å². The zero-order chi connectivity index (χ0) is 83.5. The van der Waals surface area contributed by atoms with Crippen LogP contribution in [0, 0.1) is 56.7 Å². The van der Waals surface area contributed by atoms with Gasteiger partial charge in [0.05, 0.1) is 53.8 Å². The Labute approximate surface area is 635 Å². The fourth-order valence-electron chi connectivity index (χ4n) is 11.7.